The zero-order valence-electron chi connectivity index (χ0n) is 17.8. The smallest absolute Gasteiger partial charge is 0.327 e. The first-order valence-electron chi connectivity index (χ1n) is 9.54. The molecule has 3 rings (SSSR count). The molecule has 1 heterocycles. The molecule has 1 unspecified atom stereocenters. The van der Waals surface area contributed by atoms with Crippen LogP contribution in [0.15, 0.2) is 64.4 Å². The highest BCUT2D eigenvalue weighted by molar-refractivity contribution is 7.98. The van der Waals surface area contributed by atoms with Crippen molar-refractivity contribution in [3.05, 3.63) is 60.3 Å². The number of hydrogen-bond donors (Lipinski definition) is 3. The second-order valence-electron chi connectivity index (χ2n) is 6.91. The molecule has 9 nitrogen and oxygen atoms in total. The molecule has 0 aliphatic heterocycles. The summed E-state index contributed by atoms with van der Waals surface area (Å²) >= 11 is 2.89. The fraction of sp³-hybridized carbons (Fsp3) is 0.190. The number of amides is 1. The summed E-state index contributed by atoms with van der Waals surface area (Å²) in [5.41, 5.74) is 1.88. The van der Waals surface area contributed by atoms with E-state index in [0.29, 0.717) is 11.4 Å². The zero-order chi connectivity index (χ0) is 24.2. The van der Waals surface area contributed by atoms with Crippen LogP contribution in [0.25, 0.3) is 16.9 Å². The largest absolute Gasteiger partial charge is 0.480 e. The summed E-state index contributed by atoms with van der Waals surface area (Å²) in [6.45, 7) is 0. The molecule has 12 heteroatoms. The number of carboxylic acid groups (broad SMARTS) is 1. The average Bonchev–Trinajstić information content (AvgIpc) is 3.24. The maximum Gasteiger partial charge on any atom is 0.327 e. The molecular formula is C21H22N4O5S3. The maximum absolute atomic E-state index is 12.8. The van der Waals surface area contributed by atoms with Crippen LogP contribution in [0.1, 0.15) is 10.5 Å². The maximum atomic E-state index is 12.8. The lowest BCUT2D eigenvalue weighted by Gasteiger charge is -2.11. The fourth-order valence-electron chi connectivity index (χ4n) is 3.01. The molecule has 0 radical (unpaired) electrons. The minimum absolute atomic E-state index is 0.0295. The number of aromatic nitrogens is 2. The van der Waals surface area contributed by atoms with Crippen molar-refractivity contribution in [1.82, 2.24) is 15.1 Å². The van der Waals surface area contributed by atoms with Crippen molar-refractivity contribution in [2.75, 3.05) is 18.3 Å². The quantitative estimate of drug-likeness (QED) is 0.375. The van der Waals surface area contributed by atoms with Gasteiger partial charge in [0.05, 0.1) is 16.3 Å². The highest BCUT2D eigenvalue weighted by Crippen LogP contribution is 2.27. The van der Waals surface area contributed by atoms with Gasteiger partial charge in [-0.1, -0.05) is 12.1 Å². The van der Waals surface area contributed by atoms with Gasteiger partial charge in [-0.15, -0.1) is 11.8 Å². The summed E-state index contributed by atoms with van der Waals surface area (Å²) in [4.78, 5) is 25.2. The molecule has 174 valence electrons. The van der Waals surface area contributed by atoms with Crippen molar-refractivity contribution in [3.63, 3.8) is 0 Å². The van der Waals surface area contributed by atoms with E-state index >= 15 is 0 Å². The summed E-state index contributed by atoms with van der Waals surface area (Å²) in [5, 5.41) is 21.4. The average molecular weight is 507 g/mol. The van der Waals surface area contributed by atoms with Crippen molar-refractivity contribution < 1.29 is 23.1 Å². The minimum Gasteiger partial charge on any atom is -0.480 e. The normalized spacial score (nSPS) is 12.3. The monoisotopic (exact) mass is 506 g/mol. The Kier molecular flexibility index (Phi) is 7.84. The van der Waals surface area contributed by atoms with E-state index < -0.39 is 27.9 Å². The Morgan fingerprint density at radius 2 is 1.76 bits per heavy atom. The predicted molar refractivity (Wildman–Crippen MR) is 129 cm³/mol. The molecule has 4 N–H and O–H groups in total. The second-order valence-corrected chi connectivity index (χ2v) is 10.3. The third kappa shape index (κ3) is 5.96. The van der Waals surface area contributed by atoms with Gasteiger partial charge in [-0.2, -0.15) is 16.9 Å². The van der Waals surface area contributed by atoms with E-state index in [4.69, 9.17) is 5.14 Å². The van der Waals surface area contributed by atoms with E-state index in [0.717, 1.165) is 10.5 Å². The highest BCUT2D eigenvalue weighted by atomic mass is 32.2. The van der Waals surface area contributed by atoms with E-state index in [9.17, 15) is 23.1 Å². The van der Waals surface area contributed by atoms with Crippen LogP contribution in [0.4, 0.5) is 0 Å². The lowest BCUT2D eigenvalue weighted by Crippen LogP contribution is -2.42. The van der Waals surface area contributed by atoms with Gasteiger partial charge in [-0.05, 0) is 55.0 Å². The topological polar surface area (TPSA) is 144 Å². The molecule has 1 amide bonds. The summed E-state index contributed by atoms with van der Waals surface area (Å²) in [6, 6.07) is 13.9. The number of primary sulfonamides is 1. The Hall–Kier alpha value is -2.80. The van der Waals surface area contributed by atoms with Crippen LogP contribution in [0.3, 0.4) is 0 Å². The number of hydrogen-bond acceptors (Lipinski definition) is 7. The lowest BCUT2D eigenvalue weighted by atomic mass is 10.1. The number of carboxylic acids is 1. The molecule has 0 spiro atoms. The molecule has 33 heavy (non-hydrogen) atoms. The molecule has 0 saturated carbocycles. The third-order valence-corrected chi connectivity index (χ3v) is 7.01. The minimum atomic E-state index is -3.86. The molecule has 0 bridgehead atoms. The molecule has 2 aromatic carbocycles. The van der Waals surface area contributed by atoms with Gasteiger partial charge >= 0.3 is 5.97 Å². The number of carbonyl (C=O) groups excluding carboxylic acids is 1. The summed E-state index contributed by atoms with van der Waals surface area (Å²) in [6.07, 6.45) is 3.71. The number of carbonyl (C=O) groups is 2. The Labute approximate surface area is 199 Å². The Morgan fingerprint density at radius 3 is 2.27 bits per heavy atom. The number of sulfonamides is 1. The first kappa shape index (κ1) is 24.8. The molecule has 3 aromatic rings. The number of nitrogens with zero attached hydrogens (tertiary/aromatic N) is 2. The number of thioether (sulfide) groups is 2. The van der Waals surface area contributed by atoms with Crippen LogP contribution in [-0.2, 0) is 14.8 Å². The lowest BCUT2D eigenvalue weighted by molar-refractivity contribution is -0.138. The van der Waals surface area contributed by atoms with Crippen molar-refractivity contribution in [2.24, 2.45) is 5.14 Å². The third-order valence-electron chi connectivity index (χ3n) is 4.67. The molecule has 1 aromatic heterocycles. The van der Waals surface area contributed by atoms with Crippen molar-refractivity contribution in [2.45, 2.75) is 15.8 Å². The molecule has 0 saturated heterocycles. The van der Waals surface area contributed by atoms with Gasteiger partial charge in [0.15, 0.2) is 5.69 Å². The van der Waals surface area contributed by atoms with Gasteiger partial charge in [0, 0.05) is 16.2 Å². The Bertz CT molecular complexity index is 1260. The summed E-state index contributed by atoms with van der Waals surface area (Å²) in [7, 11) is -3.86. The van der Waals surface area contributed by atoms with E-state index in [2.05, 4.69) is 10.4 Å². The number of nitrogens with two attached hydrogens (primary N) is 1. The van der Waals surface area contributed by atoms with Gasteiger partial charge in [0.1, 0.15) is 6.04 Å². The van der Waals surface area contributed by atoms with Crippen molar-refractivity contribution >= 4 is 45.4 Å². The standard InChI is InChI=1S/C21H22N4O5S3/c1-31-12-18(21(27)28)23-20(26)17-11-19(13-3-7-15(32-2)8-4-13)25(24-17)14-5-9-16(10-6-14)33(22,29)30/h3-11,18H,12H2,1-2H3,(H,23,26)(H,27,28)(H2,22,29,30). The number of aliphatic carboxylic acids is 1. The SMILES string of the molecule is CSCC(NC(=O)c1cc(-c2ccc(SC)cc2)n(-c2ccc(S(N)(=O)=O)cc2)n1)C(=O)O. The number of benzene rings is 2. The molecule has 0 fully saturated rings. The van der Waals surface area contributed by atoms with Gasteiger partial charge < -0.3 is 10.4 Å². The van der Waals surface area contributed by atoms with Crippen LogP contribution in [0, 0.1) is 0 Å². The van der Waals surface area contributed by atoms with Gasteiger partial charge in [-0.25, -0.2) is 23.0 Å². The van der Waals surface area contributed by atoms with Gasteiger partial charge in [-0.3, -0.25) is 4.79 Å². The van der Waals surface area contributed by atoms with Crippen LogP contribution < -0.4 is 10.5 Å². The van der Waals surface area contributed by atoms with Crippen LogP contribution in [0.2, 0.25) is 0 Å². The first-order chi connectivity index (χ1) is 15.6. The molecular weight excluding hydrogens is 484 g/mol. The fourth-order valence-corrected chi connectivity index (χ4v) is 4.49. The van der Waals surface area contributed by atoms with E-state index in [1.165, 1.54) is 40.7 Å². The zero-order valence-corrected chi connectivity index (χ0v) is 20.2. The number of rotatable bonds is 9. The summed E-state index contributed by atoms with van der Waals surface area (Å²) < 4.78 is 24.7. The second kappa shape index (κ2) is 10.4. The first-order valence-corrected chi connectivity index (χ1v) is 13.7. The van der Waals surface area contributed by atoms with E-state index in [1.54, 1.807) is 24.1 Å². The van der Waals surface area contributed by atoms with Crippen molar-refractivity contribution in [3.8, 4) is 16.9 Å². The van der Waals surface area contributed by atoms with E-state index in [-0.39, 0.29) is 16.3 Å². The van der Waals surface area contributed by atoms with Crippen LogP contribution >= 0.6 is 23.5 Å². The van der Waals surface area contributed by atoms with Crippen LogP contribution in [-0.4, -0.2) is 59.5 Å². The Morgan fingerprint density at radius 1 is 1.12 bits per heavy atom. The van der Waals surface area contributed by atoms with Crippen molar-refractivity contribution in [1.29, 1.82) is 0 Å². The summed E-state index contributed by atoms with van der Waals surface area (Å²) in [5.74, 6) is -1.55. The number of nitrogens with one attached hydrogen (secondary N) is 1. The Balaban J connectivity index is 2.05. The molecule has 1 atom stereocenters. The molecule has 0 aliphatic carbocycles. The van der Waals surface area contributed by atoms with Gasteiger partial charge in [0.25, 0.3) is 5.91 Å². The molecule has 0 aliphatic rings. The predicted octanol–water partition coefficient (Wildman–Crippen LogP) is 2.45. The highest BCUT2D eigenvalue weighted by Gasteiger charge is 2.23. The van der Waals surface area contributed by atoms with Crippen LogP contribution in [0.5, 0.6) is 0 Å². The van der Waals surface area contributed by atoms with Gasteiger partial charge in [0.2, 0.25) is 10.0 Å². The van der Waals surface area contributed by atoms with E-state index in [1.807, 2.05) is 30.5 Å².